The normalized spacial score (nSPS) is 10.2. The first-order valence-electron chi connectivity index (χ1n) is 6.04. The molecular formula is C15H15BrFNO2. The van der Waals surface area contributed by atoms with E-state index in [0.717, 1.165) is 10.0 Å². The third-order valence-corrected chi connectivity index (χ3v) is 3.55. The topological polar surface area (TPSA) is 30.5 Å². The van der Waals surface area contributed by atoms with Gasteiger partial charge in [-0.05, 0) is 51.8 Å². The number of halogens is 2. The van der Waals surface area contributed by atoms with Crippen molar-refractivity contribution < 1.29 is 13.9 Å². The van der Waals surface area contributed by atoms with Crippen molar-refractivity contribution in [2.75, 3.05) is 19.5 Å². The van der Waals surface area contributed by atoms with Gasteiger partial charge in [0.2, 0.25) is 0 Å². The van der Waals surface area contributed by atoms with Gasteiger partial charge < -0.3 is 14.8 Å². The van der Waals surface area contributed by atoms with Crippen molar-refractivity contribution in [1.82, 2.24) is 0 Å². The highest BCUT2D eigenvalue weighted by molar-refractivity contribution is 9.10. The number of benzene rings is 2. The van der Waals surface area contributed by atoms with E-state index in [0.29, 0.717) is 23.7 Å². The maximum Gasteiger partial charge on any atom is 0.161 e. The molecule has 5 heteroatoms. The van der Waals surface area contributed by atoms with E-state index in [1.807, 2.05) is 18.2 Å². The molecule has 0 radical (unpaired) electrons. The first kappa shape index (κ1) is 14.7. The molecule has 2 aromatic carbocycles. The van der Waals surface area contributed by atoms with Crippen LogP contribution in [0.4, 0.5) is 10.1 Å². The fourth-order valence-electron chi connectivity index (χ4n) is 1.82. The lowest BCUT2D eigenvalue weighted by molar-refractivity contribution is 0.354. The molecule has 20 heavy (non-hydrogen) atoms. The summed E-state index contributed by atoms with van der Waals surface area (Å²) in [5, 5.41) is 3.18. The lowest BCUT2D eigenvalue weighted by Crippen LogP contribution is -2.01. The first-order valence-corrected chi connectivity index (χ1v) is 6.83. The van der Waals surface area contributed by atoms with E-state index in [1.165, 1.54) is 12.1 Å². The lowest BCUT2D eigenvalue weighted by atomic mass is 10.2. The molecule has 0 heterocycles. The third kappa shape index (κ3) is 3.42. The van der Waals surface area contributed by atoms with Crippen LogP contribution in [0, 0.1) is 5.82 Å². The summed E-state index contributed by atoms with van der Waals surface area (Å²) in [5.74, 6) is 1.08. The predicted octanol–water partition coefficient (Wildman–Crippen LogP) is 4.22. The average molecular weight is 340 g/mol. The summed E-state index contributed by atoms with van der Waals surface area (Å²) in [6.07, 6.45) is 0. The molecule has 0 spiro atoms. The molecule has 0 aromatic heterocycles. The molecule has 0 unspecified atom stereocenters. The maximum atomic E-state index is 13.2. The van der Waals surface area contributed by atoms with Gasteiger partial charge in [-0.2, -0.15) is 0 Å². The van der Waals surface area contributed by atoms with E-state index in [1.54, 1.807) is 20.3 Å². The molecule has 0 aliphatic carbocycles. The van der Waals surface area contributed by atoms with Gasteiger partial charge in [-0.3, -0.25) is 0 Å². The van der Waals surface area contributed by atoms with E-state index >= 15 is 0 Å². The van der Waals surface area contributed by atoms with Crippen molar-refractivity contribution in [3.8, 4) is 11.5 Å². The van der Waals surface area contributed by atoms with E-state index in [2.05, 4.69) is 21.2 Å². The molecule has 0 fully saturated rings. The zero-order valence-electron chi connectivity index (χ0n) is 11.2. The highest BCUT2D eigenvalue weighted by Gasteiger charge is 2.06. The molecule has 0 amide bonds. The monoisotopic (exact) mass is 339 g/mol. The second-order valence-corrected chi connectivity index (χ2v) is 5.02. The Balaban J connectivity index is 2.12. The van der Waals surface area contributed by atoms with Crippen LogP contribution in [0.5, 0.6) is 11.5 Å². The molecule has 0 saturated heterocycles. The summed E-state index contributed by atoms with van der Waals surface area (Å²) < 4.78 is 24.4. The highest BCUT2D eigenvalue weighted by Crippen LogP contribution is 2.28. The molecule has 0 aliphatic heterocycles. The average Bonchev–Trinajstić information content (AvgIpc) is 2.47. The number of nitrogens with one attached hydrogen (secondary N) is 1. The van der Waals surface area contributed by atoms with Crippen molar-refractivity contribution >= 4 is 21.6 Å². The minimum Gasteiger partial charge on any atom is -0.493 e. The van der Waals surface area contributed by atoms with Crippen LogP contribution in [0.25, 0.3) is 0 Å². The standard InChI is InChI=1S/C15H15BrFNO2/c1-19-14-6-3-10(7-15(14)20-2)9-18-13-8-11(17)4-5-12(13)16/h3-8,18H,9H2,1-2H3. The second kappa shape index (κ2) is 6.61. The van der Waals surface area contributed by atoms with E-state index in [4.69, 9.17) is 9.47 Å². The van der Waals surface area contributed by atoms with Crippen LogP contribution < -0.4 is 14.8 Å². The molecule has 0 saturated carbocycles. The zero-order valence-corrected chi connectivity index (χ0v) is 12.8. The van der Waals surface area contributed by atoms with E-state index in [9.17, 15) is 4.39 Å². The van der Waals surface area contributed by atoms with Crippen LogP contribution >= 0.6 is 15.9 Å². The molecule has 2 aromatic rings. The van der Waals surface area contributed by atoms with Gasteiger partial charge in [0, 0.05) is 11.0 Å². The maximum absolute atomic E-state index is 13.2. The van der Waals surface area contributed by atoms with E-state index in [-0.39, 0.29) is 5.82 Å². The van der Waals surface area contributed by atoms with Crippen molar-refractivity contribution in [2.24, 2.45) is 0 Å². The van der Waals surface area contributed by atoms with Gasteiger partial charge in [0.1, 0.15) is 5.82 Å². The number of hydrogen-bond donors (Lipinski definition) is 1. The Morgan fingerprint density at radius 3 is 2.50 bits per heavy atom. The van der Waals surface area contributed by atoms with Crippen LogP contribution in [-0.4, -0.2) is 14.2 Å². The lowest BCUT2D eigenvalue weighted by Gasteiger charge is -2.12. The van der Waals surface area contributed by atoms with Crippen molar-refractivity contribution in [2.45, 2.75) is 6.54 Å². The molecular weight excluding hydrogens is 325 g/mol. The minimum atomic E-state index is -0.275. The quantitative estimate of drug-likeness (QED) is 0.884. The molecule has 3 nitrogen and oxygen atoms in total. The number of methoxy groups -OCH3 is 2. The summed E-state index contributed by atoms with van der Waals surface area (Å²) in [4.78, 5) is 0. The van der Waals surface area contributed by atoms with Crippen molar-refractivity contribution in [1.29, 1.82) is 0 Å². The summed E-state index contributed by atoms with van der Waals surface area (Å²) in [6, 6.07) is 10.2. The first-order chi connectivity index (χ1) is 9.63. The second-order valence-electron chi connectivity index (χ2n) is 4.17. The Kier molecular flexibility index (Phi) is 4.84. The fourth-order valence-corrected chi connectivity index (χ4v) is 2.21. The van der Waals surface area contributed by atoms with Gasteiger partial charge in [-0.25, -0.2) is 4.39 Å². The Morgan fingerprint density at radius 1 is 1.05 bits per heavy atom. The summed E-state index contributed by atoms with van der Waals surface area (Å²) in [5.41, 5.74) is 1.72. The smallest absolute Gasteiger partial charge is 0.161 e. The molecule has 1 N–H and O–H groups in total. The number of hydrogen-bond acceptors (Lipinski definition) is 3. The van der Waals surface area contributed by atoms with Crippen LogP contribution in [-0.2, 0) is 6.54 Å². The highest BCUT2D eigenvalue weighted by atomic mass is 79.9. The van der Waals surface area contributed by atoms with Crippen LogP contribution in [0.2, 0.25) is 0 Å². The SMILES string of the molecule is COc1ccc(CNc2cc(F)ccc2Br)cc1OC. The van der Waals surface area contributed by atoms with E-state index < -0.39 is 0 Å². The largest absolute Gasteiger partial charge is 0.493 e. The van der Waals surface area contributed by atoms with Crippen molar-refractivity contribution in [3.63, 3.8) is 0 Å². The number of ether oxygens (including phenoxy) is 2. The fraction of sp³-hybridized carbons (Fsp3) is 0.200. The minimum absolute atomic E-state index is 0.275. The number of rotatable bonds is 5. The van der Waals surface area contributed by atoms with Gasteiger partial charge in [-0.1, -0.05) is 6.07 Å². The Bertz CT molecular complexity index is 604. The zero-order chi connectivity index (χ0) is 14.5. The molecule has 0 bridgehead atoms. The van der Waals surface area contributed by atoms with Gasteiger partial charge in [0.25, 0.3) is 0 Å². The molecule has 0 atom stereocenters. The Labute approximate surface area is 125 Å². The van der Waals surface area contributed by atoms with Gasteiger partial charge in [-0.15, -0.1) is 0 Å². The summed E-state index contributed by atoms with van der Waals surface area (Å²) >= 11 is 3.38. The third-order valence-electron chi connectivity index (χ3n) is 2.86. The van der Waals surface area contributed by atoms with Gasteiger partial charge in [0.05, 0.1) is 19.9 Å². The van der Waals surface area contributed by atoms with Gasteiger partial charge >= 0.3 is 0 Å². The molecule has 0 aliphatic rings. The molecule has 106 valence electrons. The summed E-state index contributed by atoms with van der Waals surface area (Å²) in [7, 11) is 3.19. The predicted molar refractivity (Wildman–Crippen MR) is 81.0 cm³/mol. The van der Waals surface area contributed by atoms with Crippen LogP contribution in [0.15, 0.2) is 40.9 Å². The Morgan fingerprint density at radius 2 is 1.80 bits per heavy atom. The van der Waals surface area contributed by atoms with Gasteiger partial charge in [0.15, 0.2) is 11.5 Å². The molecule has 2 rings (SSSR count). The van der Waals surface area contributed by atoms with Crippen molar-refractivity contribution in [3.05, 3.63) is 52.3 Å². The number of anilines is 1. The Hall–Kier alpha value is -1.75. The van der Waals surface area contributed by atoms with Crippen LogP contribution in [0.1, 0.15) is 5.56 Å². The summed E-state index contributed by atoms with van der Waals surface area (Å²) in [6.45, 7) is 0.558. The van der Waals surface area contributed by atoms with Crippen LogP contribution in [0.3, 0.4) is 0 Å².